The summed E-state index contributed by atoms with van der Waals surface area (Å²) in [5.74, 6) is 0.0909. The van der Waals surface area contributed by atoms with Crippen molar-refractivity contribution in [3.8, 4) is 0 Å². The maximum Gasteiger partial charge on any atom is 0.267 e. The number of aromatic nitrogens is 1. The number of piperazine rings is 1. The number of nitrogen functional groups attached to an aromatic ring is 1. The molecule has 2 heterocycles. The van der Waals surface area contributed by atoms with Crippen molar-refractivity contribution in [3.63, 3.8) is 0 Å². The lowest BCUT2D eigenvalue weighted by atomic mass is 10.3. The number of hydrogen-bond acceptors (Lipinski definition) is 7. The average Bonchev–Trinajstić information content (AvgIpc) is 2.81. The molecule has 1 aromatic rings. The summed E-state index contributed by atoms with van der Waals surface area (Å²) in [7, 11) is 3.74. The third-order valence-electron chi connectivity index (χ3n) is 3.39. The Morgan fingerprint density at radius 2 is 2.10 bits per heavy atom. The zero-order valence-electron chi connectivity index (χ0n) is 11.9. The highest BCUT2D eigenvalue weighted by atomic mass is 32.1. The molecule has 112 valence electrons. The Bertz CT molecular complexity index is 470. The van der Waals surface area contributed by atoms with Crippen molar-refractivity contribution in [2.45, 2.75) is 0 Å². The summed E-state index contributed by atoms with van der Waals surface area (Å²) in [5.41, 5.74) is 5.86. The number of rotatable bonds is 4. The zero-order chi connectivity index (χ0) is 14.7. The number of carbonyl (C=O) groups excluding carboxylic acids is 1. The Morgan fingerprint density at radius 1 is 1.45 bits per heavy atom. The number of likely N-dealkylation sites (N-methyl/N-ethyl adjacent to an activating group) is 2. The van der Waals surface area contributed by atoms with E-state index in [0.29, 0.717) is 11.4 Å². The summed E-state index contributed by atoms with van der Waals surface area (Å²) in [6, 6.07) is 0. The number of aliphatic hydroxyl groups is 1. The molecule has 1 saturated heterocycles. The highest BCUT2D eigenvalue weighted by molar-refractivity contribution is 7.18. The minimum Gasteiger partial charge on any atom is -0.395 e. The van der Waals surface area contributed by atoms with Gasteiger partial charge >= 0.3 is 0 Å². The van der Waals surface area contributed by atoms with Crippen LogP contribution in [-0.4, -0.2) is 79.2 Å². The fourth-order valence-electron chi connectivity index (χ4n) is 2.03. The predicted octanol–water partition coefficient (Wildman–Crippen LogP) is -0.459. The number of nitrogens with zero attached hydrogens (tertiary/aromatic N) is 4. The highest BCUT2D eigenvalue weighted by Crippen LogP contribution is 2.29. The second-order valence-corrected chi connectivity index (χ2v) is 5.93. The number of amides is 1. The Kier molecular flexibility index (Phi) is 4.79. The molecule has 7 nitrogen and oxygen atoms in total. The van der Waals surface area contributed by atoms with Crippen LogP contribution in [0.5, 0.6) is 0 Å². The molecule has 0 saturated carbocycles. The van der Waals surface area contributed by atoms with E-state index in [9.17, 15) is 4.79 Å². The van der Waals surface area contributed by atoms with Crippen LogP contribution in [0.25, 0.3) is 0 Å². The van der Waals surface area contributed by atoms with Crippen LogP contribution in [0.2, 0.25) is 0 Å². The SMILES string of the molecule is CN1CCN(c2nc(N)c(C(=O)N(C)CCO)s2)CC1. The van der Waals surface area contributed by atoms with Crippen molar-refractivity contribution in [3.05, 3.63) is 4.88 Å². The molecule has 2 rings (SSSR count). The molecular formula is C12H21N5O2S. The summed E-state index contributed by atoms with van der Waals surface area (Å²) >= 11 is 1.33. The molecule has 1 aliphatic heterocycles. The summed E-state index contributed by atoms with van der Waals surface area (Å²) in [6.07, 6.45) is 0. The molecular weight excluding hydrogens is 278 g/mol. The summed E-state index contributed by atoms with van der Waals surface area (Å²) in [4.78, 5) is 22.8. The molecule has 1 fully saturated rings. The zero-order valence-corrected chi connectivity index (χ0v) is 12.7. The molecule has 0 radical (unpaired) electrons. The molecule has 3 N–H and O–H groups in total. The van der Waals surface area contributed by atoms with Gasteiger partial charge in [0.25, 0.3) is 5.91 Å². The van der Waals surface area contributed by atoms with Gasteiger partial charge in [-0.2, -0.15) is 0 Å². The number of aliphatic hydroxyl groups excluding tert-OH is 1. The largest absolute Gasteiger partial charge is 0.395 e. The van der Waals surface area contributed by atoms with E-state index in [0.717, 1.165) is 31.3 Å². The summed E-state index contributed by atoms with van der Waals surface area (Å²) in [6.45, 7) is 3.97. The minimum atomic E-state index is -0.186. The van der Waals surface area contributed by atoms with Crippen LogP contribution in [0, 0.1) is 0 Å². The second-order valence-electron chi connectivity index (χ2n) is 4.95. The fraction of sp³-hybridized carbons (Fsp3) is 0.667. The number of carbonyl (C=O) groups is 1. The van der Waals surface area contributed by atoms with Gasteiger partial charge in [-0.3, -0.25) is 4.79 Å². The van der Waals surface area contributed by atoms with Crippen molar-refractivity contribution in [1.29, 1.82) is 0 Å². The maximum absolute atomic E-state index is 12.2. The Balaban J connectivity index is 2.11. The van der Waals surface area contributed by atoms with Gasteiger partial charge in [0.2, 0.25) is 0 Å². The summed E-state index contributed by atoms with van der Waals surface area (Å²) in [5, 5.41) is 9.69. The van der Waals surface area contributed by atoms with E-state index in [4.69, 9.17) is 10.8 Å². The molecule has 1 aliphatic rings. The van der Waals surface area contributed by atoms with Gasteiger partial charge in [0.1, 0.15) is 10.7 Å². The predicted molar refractivity (Wildman–Crippen MR) is 80.3 cm³/mol. The number of nitrogens with two attached hydrogens (primary N) is 1. The van der Waals surface area contributed by atoms with Gasteiger partial charge in [-0.1, -0.05) is 11.3 Å². The first-order valence-corrected chi connectivity index (χ1v) is 7.40. The Morgan fingerprint density at radius 3 is 2.70 bits per heavy atom. The topological polar surface area (TPSA) is 85.9 Å². The van der Waals surface area contributed by atoms with Crippen molar-refractivity contribution < 1.29 is 9.90 Å². The molecule has 0 atom stereocenters. The van der Waals surface area contributed by atoms with E-state index < -0.39 is 0 Å². The summed E-state index contributed by atoms with van der Waals surface area (Å²) < 4.78 is 0. The van der Waals surface area contributed by atoms with Gasteiger partial charge in [0, 0.05) is 39.8 Å². The molecule has 20 heavy (non-hydrogen) atoms. The van der Waals surface area contributed by atoms with Crippen LogP contribution in [0.1, 0.15) is 9.67 Å². The standard InChI is InChI=1S/C12H21N5O2S/c1-15-3-5-17(6-4-15)12-14-10(13)9(20-12)11(19)16(2)7-8-18/h18H,3-8,13H2,1-2H3. The highest BCUT2D eigenvalue weighted by Gasteiger charge is 2.23. The lowest BCUT2D eigenvalue weighted by molar-refractivity contribution is 0.0772. The first-order valence-electron chi connectivity index (χ1n) is 6.59. The smallest absolute Gasteiger partial charge is 0.267 e. The van der Waals surface area contributed by atoms with E-state index >= 15 is 0 Å². The number of thiazole rings is 1. The van der Waals surface area contributed by atoms with Gasteiger partial charge in [-0.05, 0) is 7.05 Å². The van der Waals surface area contributed by atoms with Crippen LogP contribution in [0.4, 0.5) is 10.9 Å². The molecule has 1 amide bonds. The average molecular weight is 299 g/mol. The lowest BCUT2D eigenvalue weighted by Crippen LogP contribution is -2.44. The molecule has 0 aliphatic carbocycles. The van der Waals surface area contributed by atoms with Gasteiger partial charge < -0.3 is 25.5 Å². The third-order valence-corrected chi connectivity index (χ3v) is 4.51. The Hall–Kier alpha value is -1.38. The quantitative estimate of drug-likeness (QED) is 0.782. The normalized spacial score (nSPS) is 16.4. The third kappa shape index (κ3) is 3.20. The van der Waals surface area contributed by atoms with E-state index in [1.807, 2.05) is 0 Å². The van der Waals surface area contributed by atoms with Crippen LogP contribution in [0.15, 0.2) is 0 Å². The minimum absolute atomic E-state index is 0.0632. The van der Waals surface area contributed by atoms with Gasteiger partial charge in [-0.15, -0.1) is 0 Å². The molecule has 0 bridgehead atoms. The second kappa shape index (κ2) is 6.38. The fourth-order valence-corrected chi connectivity index (χ4v) is 3.06. The molecule has 1 aromatic heterocycles. The van der Waals surface area contributed by atoms with Gasteiger partial charge in [0.15, 0.2) is 5.13 Å². The van der Waals surface area contributed by atoms with Gasteiger partial charge in [0.05, 0.1) is 6.61 Å². The van der Waals surface area contributed by atoms with E-state index in [1.165, 1.54) is 16.2 Å². The Labute approximate surface area is 122 Å². The van der Waals surface area contributed by atoms with Crippen molar-refractivity contribution in [2.24, 2.45) is 0 Å². The van der Waals surface area contributed by atoms with Crippen LogP contribution < -0.4 is 10.6 Å². The van der Waals surface area contributed by atoms with E-state index in [2.05, 4.69) is 21.8 Å². The van der Waals surface area contributed by atoms with Crippen LogP contribution >= 0.6 is 11.3 Å². The van der Waals surface area contributed by atoms with Gasteiger partial charge in [-0.25, -0.2) is 4.98 Å². The first kappa shape index (κ1) is 15.0. The van der Waals surface area contributed by atoms with Crippen molar-refractivity contribution in [1.82, 2.24) is 14.8 Å². The maximum atomic E-state index is 12.2. The molecule has 8 heteroatoms. The van der Waals surface area contributed by atoms with E-state index in [-0.39, 0.29) is 18.3 Å². The monoisotopic (exact) mass is 299 g/mol. The molecule has 0 spiro atoms. The molecule has 0 aromatic carbocycles. The first-order chi connectivity index (χ1) is 9.52. The van der Waals surface area contributed by atoms with E-state index in [1.54, 1.807) is 7.05 Å². The van der Waals surface area contributed by atoms with Crippen LogP contribution in [-0.2, 0) is 0 Å². The number of hydrogen-bond donors (Lipinski definition) is 2. The van der Waals surface area contributed by atoms with Crippen LogP contribution in [0.3, 0.4) is 0 Å². The molecule has 0 unspecified atom stereocenters. The van der Waals surface area contributed by atoms with Crippen molar-refractivity contribution >= 4 is 28.2 Å². The number of anilines is 2. The van der Waals surface area contributed by atoms with Crippen molar-refractivity contribution in [2.75, 3.05) is 64.1 Å². The lowest BCUT2D eigenvalue weighted by Gasteiger charge is -2.32.